The molecule has 6 nitrogen and oxygen atoms in total. The van der Waals surface area contributed by atoms with Crippen LogP contribution in [-0.2, 0) is 10.0 Å². The van der Waals surface area contributed by atoms with Crippen molar-refractivity contribution in [2.24, 2.45) is 11.0 Å². The van der Waals surface area contributed by atoms with E-state index in [9.17, 15) is 8.42 Å². The number of hydrogen-bond acceptors (Lipinski definition) is 5. The summed E-state index contributed by atoms with van der Waals surface area (Å²) < 4.78 is 35.6. The summed E-state index contributed by atoms with van der Waals surface area (Å²) in [5.41, 5.74) is 1.56. The second-order valence-corrected chi connectivity index (χ2v) is 7.91. The summed E-state index contributed by atoms with van der Waals surface area (Å²) in [4.78, 5) is 2.26. The van der Waals surface area contributed by atoms with Gasteiger partial charge < -0.3 is 9.47 Å². The van der Waals surface area contributed by atoms with E-state index in [1.807, 2.05) is 19.1 Å². The second kappa shape index (κ2) is 8.71. The van der Waals surface area contributed by atoms with Crippen molar-refractivity contribution in [1.29, 1.82) is 0 Å². The maximum Gasteiger partial charge on any atom is 0.280 e. The molecular formula is C19H24N2O4S. The molecule has 0 bridgehead atoms. The van der Waals surface area contributed by atoms with Gasteiger partial charge in [0.05, 0.1) is 19.9 Å². The minimum Gasteiger partial charge on any atom is -0.495 e. The van der Waals surface area contributed by atoms with E-state index in [0.717, 1.165) is 16.9 Å². The molecule has 0 saturated carbocycles. The normalized spacial score (nSPS) is 11.7. The van der Waals surface area contributed by atoms with Crippen molar-refractivity contribution >= 4 is 16.2 Å². The highest BCUT2D eigenvalue weighted by molar-refractivity contribution is 7.89. The van der Waals surface area contributed by atoms with Crippen LogP contribution < -0.4 is 14.3 Å². The van der Waals surface area contributed by atoms with E-state index in [2.05, 4.69) is 23.8 Å². The average Bonchev–Trinajstić information content (AvgIpc) is 2.61. The van der Waals surface area contributed by atoms with Gasteiger partial charge in [-0.25, -0.2) is 0 Å². The van der Waals surface area contributed by atoms with Crippen molar-refractivity contribution in [1.82, 2.24) is 4.83 Å². The molecular weight excluding hydrogens is 352 g/mol. The van der Waals surface area contributed by atoms with E-state index in [4.69, 9.17) is 9.47 Å². The largest absolute Gasteiger partial charge is 0.495 e. The van der Waals surface area contributed by atoms with Gasteiger partial charge >= 0.3 is 0 Å². The Morgan fingerprint density at radius 3 is 2.46 bits per heavy atom. The topological polar surface area (TPSA) is 77.0 Å². The smallest absolute Gasteiger partial charge is 0.280 e. The third-order valence-electron chi connectivity index (χ3n) is 3.46. The lowest BCUT2D eigenvalue weighted by Crippen LogP contribution is -2.19. The summed E-state index contributed by atoms with van der Waals surface area (Å²) >= 11 is 0. The monoisotopic (exact) mass is 376 g/mol. The van der Waals surface area contributed by atoms with E-state index in [0.29, 0.717) is 12.5 Å². The Bertz CT molecular complexity index is 860. The molecule has 0 amide bonds. The van der Waals surface area contributed by atoms with Crippen molar-refractivity contribution in [3.8, 4) is 11.5 Å². The van der Waals surface area contributed by atoms with Crippen molar-refractivity contribution in [3.63, 3.8) is 0 Å². The molecule has 140 valence electrons. The Hall–Kier alpha value is -2.54. The lowest BCUT2D eigenvalue weighted by molar-refractivity contribution is 0.271. The summed E-state index contributed by atoms with van der Waals surface area (Å²) in [6, 6.07) is 12.2. The van der Waals surface area contributed by atoms with Crippen molar-refractivity contribution in [3.05, 3.63) is 53.6 Å². The highest BCUT2D eigenvalue weighted by Crippen LogP contribution is 2.24. The van der Waals surface area contributed by atoms with Gasteiger partial charge in [0.15, 0.2) is 0 Å². The molecule has 7 heteroatoms. The number of hydrazone groups is 1. The summed E-state index contributed by atoms with van der Waals surface area (Å²) in [6.07, 6.45) is 1.44. The van der Waals surface area contributed by atoms with Crippen LogP contribution in [0.3, 0.4) is 0 Å². The molecule has 0 fully saturated rings. The van der Waals surface area contributed by atoms with Gasteiger partial charge in [-0.15, -0.1) is 0 Å². The van der Waals surface area contributed by atoms with E-state index in [-0.39, 0.29) is 10.6 Å². The molecule has 0 aromatic heterocycles. The number of methoxy groups -OCH3 is 1. The molecule has 2 aromatic carbocycles. The van der Waals surface area contributed by atoms with E-state index in [1.54, 1.807) is 24.3 Å². The van der Waals surface area contributed by atoms with Crippen LogP contribution in [0.2, 0.25) is 0 Å². The van der Waals surface area contributed by atoms with Crippen LogP contribution in [0.4, 0.5) is 0 Å². The molecule has 0 unspecified atom stereocenters. The summed E-state index contributed by atoms with van der Waals surface area (Å²) in [7, 11) is -2.39. The van der Waals surface area contributed by atoms with Gasteiger partial charge in [0.25, 0.3) is 10.0 Å². The zero-order chi connectivity index (χ0) is 19.2. The average molecular weight is 376 g/mol. The van der Waals surface area contributed by atoms with E-state index in [1.165, 1.54) is 19.4 Å². The molecule has 1 N–H and O–H groups in total. The number of benzene rings is 2. The summed E-state index contributed by atoms with van der Waals surface area (Å²) in [5.74, 6) is 1.48. The van der Waals surface area contributed by atoms with Gasteiger partial charge in [-0.2, -0.15) is 18.4 Å². The fourth-order valence-electron chi connectivity index (χ4n) is 2.13. The zero-order valence-corrected chi connectivity index (χ0v) is 16.2. The molecule has 0 aliphatic heterocycles. The minimum atomic E-state index is -3.82. The molecule has 0 radical (unpaired) electrons. The SMILES string of the molecule is COc1ccc(C)cc1S(=O)(=O)N/N=C/c1ccc(OCC(C)C)cc1. The van der Waals surface area contributed by atoms with Crippen molar-refractivity contribution in [2.75, 3.05) is 13.7 Å². The maximum atomic E-state index is 12.4. The van der Waals surface area contributed by atoms with Gasteiger partial charge in [0.2, 0.25) is 0 Å². The van der Waals surface area contributed by atoms with Crippen LogP contribution in [-0.4, -0.2) is 28.3 Å². The first-order chi connectivity index (χ1) is 12.3. The standard InChI is InChI=1S/C19H24N2O4S/c1-14(2)13-25-17-8-6-16(7-9-17)12-20-21-26(22,23)19-11-15(3)5-10-18(19)24-4/h5-12,14,21H,13H2,1-4H3/b20-12+. The number of ether oxygens (including phenoxy) is 2. The first kappa shape index (κ1) is 19.8. The zero-order valence-electron chi connectivity index (χ0n) is 15.4. The van der Waals surface area contributed by atoms with Crippen molar-refractivity contribution < 1.29 is 17.9 Å². The van der Waals surface area contributed by atoms with Gasteiger partial charge in [-0.3, -0.25) is 0 Å². The number of nitrogens with zero attached hydrogens (tertiary/aromatic N) is 1. The van der Waals surface area contributed by atoms with Crippen LogP contribution in [0, 0.1) is 12.8 Å². The highest BCUT2D eigenvalue weighted by atomic mass is 32.2. The Morgan fingerprint density at radius 2 is 1.85 bits per heavy atom. The van der Waals surface area contributed by atoms with Gasteiger partial charge in [-0.05, 0) is 60.4 Å². The Balaban J connectivity index is 2.06. The molecule has 0 heterocycles. The van der Waals surface area contributed by atoms with Crippen LogP contribution in [0.25, 0.3) is 0 Å². The number of nitrogens with one attached hydrogen (secondary N) is 1. The predicted octanol–water partition coefficient (Wildman–Crippen LogP) is 3.35. The van der Waals surface area contributed by atoms with Gasteiger partial charge in [0.1, 0.15) is 16.4 Å². The molecule has 0 atom stereocenters. The van der Waals surface area contributed by atoms with Crippen LogP contribution in [0.1, 0.15) is 25.0 Å². The van der Waals surface area contributed by atoms with E-state index >= 15 is 0 Å². The second-order valence-electron chi connectivity index (χ2n) is 6.28. The fraction of sp³-hybridized carbons (Fsp3) is 0.316. The number of rotatable bonds is 8. The van der Waals surface area contributed by atoms with E-state index < -0.39 is 10.0 Å². The molecule has 0 aliphatic carbocycles. The molecule has 2 aromatic rings. The number of aryl methyl sites for hydroxylation is 1. The lowest BCUT2D eigenvalue weighted by Gasteiger charge is -2.10. The molecule has 26 heavy (non-hydrogen) atoms. The fourth-order valence-corrected chi connectivity index (χ4v) is 3.17. The summed E-state index contributed by atoms with van der Waals surface area (Å²) in [5, 5.41) is 3.84. The Kier molecular flexibility index (Phi) is 6.63. The third-order valence-corrected chi connectivity index (χ3v) is 4.70. The molecule has 0 spiro atoms. The Labute approximate surface area is 154 Å². The van der Waals surface area contributed by atoms with Crippen LogP contribution in [0.15, 0.2) is 52.5 Å². The molecule has 2 rings (SSSR count). The first-order valence-corrected chi connectivity index (χ1v) is 9.72. The predicted molar refractivity (Wildman–Crippen MR) is 102 cm³/mol. The lowest BCUT2D eigenvalue weighted by atomic mass is 10.2. The van der Waals surface area contributed by atoms with Gasteiger partial charge in [-0.1, -0.05) is 19.9 Å². The first-order valence-electron chi connectivity index (χ1n) is 8.24. The van der Waals surface area contributed by atoms with Crippen LogP contribution in [0.5, 0.6) is 11.5 Å². The summed E-state index contributed by atoms with van der Waals surface area (Å²) in [6.45, 7) is 6.61. The minimum absolute atomic E-state index is 0.0505. The molecule has 0 aliphatic rings. The number of hydrogen-bond donors (Lipinski definition) is 1. The molecule has 0 saturated heterocycles. The van der Waals surface area contributed by atoms with Crippen molar-refractivity contribution in [2.45, 2.75) is 25.7 Å². The highest BCUT2D eigenvalue weighted by Gasteiger charge is 2.18. The number of sulfonamides is 1. The Morgan fingerprint density at radius 1 is 1.15 bits per heavy atom. The maximum absolute atomic E-state index is 12.4. The van der Waals surface area contributed by atoms with Crippen LogP contribution >= 0.6 is 0 Å². The third kappa shape index (κ3) is 5.49. The van der Waals surface area contributed by atoms with Gasteiger partial charge in [0, 0.05) is 0 Å². The quantitative estimate of drug-likeness (QED) is 0.566.